The maximum absolute atomic E-state index is 6.28. The van der Waals surface area contributed by atoms with Crippen LogP contribution in [-0.4, -0.2) is 19.5 Å². The molecule has 0 N–H and O–H groups in total. The molecule has 1 aromatic rings. The molecule has 1 saturated heterocycles. The Balaban J connectivity index is 1.42. The zero-order valence-corrected chi connectivity index (χ0v) is 18.4. The molecule has 1 atom stereocenters. The quantitative estimate of drug-likeness (QED) is 0.274. The van der Waals surface area contributed by atoms with Crippen molar-refractivity contribution in [3.63, 3.8) is 0 Å². The highest BCUT2D eigenvalue weighted by Gasteiger charge is 2.24. The Hall–Kier alpha value is -1.48. The van der Waals surface area contributed by atoms with E-state index in [0.717, 1.165) is 37.4 Å². The number of benzene rings is 1. The summed E-state index contributed by atoms with van der Waals surface area (Å²) >= 11 is 0. The van der Waals surface area contributed by atoms with Crippen LogP contribution in [0, 0.1) is 5.92 Å². The van der Waals surface area contributed by atoms with Gasteiger partial charge >= 0.3 is 0 Å². The lowest BCUT2D eigenvalue weighted by Crippen LogP contribution is -2.23. The molecule has 1 aromatic carbocycles. The van der Waals surface area contributed by atoms with Crippen LogP contribution in [0.15, 0.2) is 36.1 Å². The van der Waals surface area contributed by atoms with Crippen molar-refractivity contribution in [2.75, 3.05) is 13.2 Å². The van der Waals surface area contributed by atoms with E-state index in [9.17, 15) is 0 Å². The third kappa shape index (κ3) is 8.04. The smallest absolute Gasteiger partial charge is 0.199 e. The summed E-state index contributed by atoms with van der Waals surface area (Å²) in [6, 6.07) is 8.65. The van der Waals surface area contributed by atoms with Crippen molar-refractivity contribution in [1.82, 2.24) is 0 Å². The van der Waals surface area contributed by atoms with Crippen LogP contribution in [0.25, 0.3) is 0 Å². The van der Waals surface area contributed by atoms with E-state index in [-0.39, 0.29) is 6.29 Å². The molecule has 162 valence electrons. The van der Waals surface area contributed by atoms with Crippen molar-refractivity contribution in [3.05, 3.63) is 41.7 Å². The van der Waals surface area contributed by atoms with E-state index >= 15 is 0 Å². The molecule has 0 amide bonds. The van der Waals surface area contributed by atoms with E-state index in [1.807, 2.05) is 0 Å². The molecule has 29 heavy (non-hydrogen) atoms. The summed E-state index contributed by atoms with van der Waals surface area (Å²) in [6.07, 6.45) is 18.1. The molecular formula is C26H40O3. The molecule has 2 aliphatic rings. The van der Waals surface area contributed by atoms with Gasteiger partial charge in [-0.15, -0.1) is 0 Å². The van der Waals surface area contributed by atoms with Gasteiger partial charge in [-0.05, 0) is 62.3 Å². The second-order valence-electron chi connectivity index (χ2n) is 8.59. The molecule has 1 unspecified atom stereocenters. The van der Waals surface area contributed by atoms with Crippen LogP contribution in [0.4, 0.5) is 0 Å². The lowest BCUT2D eigenvalue weighted by molar-refractivity contribution is -0.144. The van der Waals surface area contributed by atoms with E-state index in [1.54, 1.807) is 0 Å². The molecule has 2 fully saturated rings. The third-order valence-electron chi connectivity index (χ3n) is 6.14. The standard InChI is InChI=1S/C26H40O3/c1-2-3-4-5-11-22-16-18-24(19-17-22)27-21-10-14-25(23-12-6-7-13-23)29-26-15-8-9-20-28-26/h14,16-19,23,26H,2-13,15,20-21H2,1H3. The topological polar surface area (TPSA) is 27.7 Å². The van der Waals surface area contributed by atoms with Gasteiger partial charge in [0, 0.05) is 18.8 Å². The first-order chi connectivity index (χ1) is 14.3. The summed E-state index contributed by atoms with van der Waals surface area (Å²) in [5, 5.41) is 0. The first-order valence-electron chi connectivity index (χ1n) is 12.0. The van der Waals surface area contributed by atoms with E-state index in [4.69, 9.17) is 14.2 Å². The number of hydrogen-bond acceptors (Lipinski definition) is 3. The number of ether oxygens (including phenoxy) is 3. The Morgan fingerprint density at radius 2 is 1.79 bits per heavy atom. The van der Waals surface area contributed by atoms with Crippen LogP contribution in [0.5, 0.6) is 5.75 Å². The van der Waals surface area contributed by atoms with E-state index in [0.29, 0.717) is 12.5 Å². The van der Waals surface area contributed by atoms with Crippen LogP contribution in [0.2, 0.25) is 0 Å². The van der Waals surface area contributed by atoms with Gasteiger partial charge in [-0.2, -0.15) is 0 Å². The minimum absolute atomic E-state index is 0.0404. The normalized spacial score (nSPS) is 20.7. The second kappa shape index (κ2) is 13.0. The number of unbranched alkanes of at least 4 members (excludes halogenated alkanes) is 3. The van der Waals surface area contributed by atoms with Gasteiger partial charge < -0.3 is 14.2 Å². The first-order valence-corrected chi connectivity index (χ1v) is 12.0. The summed E-state index contributed by atoms with van der Waals surface area (Å²) in [5.41, 5.74) is 1.41. The van der Waals surface area contributed by atoms with Crippen molar-refractivity contribution >= 4 is 0 Å². The largest absolute Gasteiger partial charge is 0.493 e. The van der Waals surface area contributed by atoms with Gasteiger partial charge in [0.2, 0.25) is 0 Å². The van der Waals surface area contributed by atoms with E-state index in [1.165, 1.54) is 69.8 Å². The molecule has 1 saturated carbocycles. The Morgan fingerprint density at radius 3 is 2.52 bits per heavy atom. The van der Waals surface area contributed by atoms with Crippen LogP contribution in [-0.2, 0) is 15.9 Å². The van der Waals surface area contributed by atoms with Crippen molar-refractivity contribution in [1.29, 1.82) is 0 Å². The lowest BCUT2D eigenvalue weighted by Gasteiger charge is -2.27. The first kappa shape index (κ1) is 22.2. The van der Waals surface area contributed by atoms with Crippen LogP contribution < -0.4 is 4.74 Å². The summed E-state index contributed by atoms with van der Waals surface area (Å²) in [5.74, 6) is 2.70. The SMILES string of the molecule is CCCCCCc1ccc(OCCC=C(OC2CCCCO2)C2CCCC2)cc1. The van der Waals surface area contributed by atoms with Crippen LogP contribution in [0.1, 0.15) is 89.5 Å². The predicted octanol–water partition coefficient (Wildman–Crippen LogP) is 7.20. The van der Waals surface area contributed by atoms with Crippen molar-refractivity contribution < 1.29 is 14.2 Å². The molecule has 1 heterocycles. The number of hydrogen-bond donors (Lipinski definition) is 0. The van der Waals surface area contributed by atoms with Crippen molar-refractivity contribution in [2.45, 2.75) is 96.7 Å². The number of allylic oxidation sites excluding steroid dienone is 1. The fourth-order valence-corrected chi connectivity index (χ4v) is 4.36. The summed E-state index contributed by atoms with van der Waals surface area (Å²) in [6.45, 7) is 3.79. The maximum Gasteiger partial charge on any atom is 0.199 e. The van der Waals surface area contributed by atoms with Gasteiger partial charge in [0.1, 0.15) is 5.75 Å². The van der Waals surface area contributed by atoms with Crippen LogP contribution in [0.3, 0.4) is 0 Å². The number of rotatable bonds is 12. The number of aryl methyl sites for hydroxylation is 1. The van der Waals surface area contributed by atoms with Gasteiger partial charge in [-0.3, -0.25) is 0 Å². The highest BCUT2D eigenvalue weighted by atomic mass is 16.7. The second-order valence-corrected chi connectivity index (χ2v) is 8.59. The molecule has 0 spiro atoms. The molecule has 0 radical (unpaired) electrons. The maximum atomic E-state index is 6.28. The van der Waals surface area contributed by atoms with E-state index in [2.05, 4.69) is 37.3 Å². The third-order valence-corrected chi connectivity index (χ3v) is 6.14. The summed E-state index contributed by atoms with van der Waals surface area (Å²) in [7, 11) is 0. The minimum atomic E-state index is -0.0404. The minimum Gasteiger partial charge on any atom is -0.493 e. The predicted molar refractivity (Wildman–Crippen MR) is 119 cm³/mol. The summed E-state index contributed by atoms with van der Waals surface area (Å²) in [4.78, 5) is 0. The zero-order chi connectivity index (χ0) is 20.2. The highest BCUT2D eigenvalue weighted by molar-refractivity contribution is 5.27. The average molecular weight is 401 g/mol. The molecule has 3 rings (SSSR count). The highest BCUT2D eigenvalue weighted by Crippen LogP contribution is 2.33. The Morgan fingerprint density at radius 1 is 1.00 bits per heavy atom. The Labute approximate surface area is 177 Å². The lowest BCUT2D eigenvalue weighted by atomic mass is 10.0. The summed E-state index contributed by atoms with van der Waals surface area (Å²) < 4.78 is 18.1. The van der Waals surface area contributed by atoms with Crippen LogP contribution >= 0.6 is 0 Å². The average Bonchev–Trinajstić information content (AvgIpc) is 3.30. The van der Waals surface area contributed by atoms with Gasteiger partial charge in [0.25, 0.3) is 0 Å². The monoisotopic (exact) mass is 400 g/mol. The molecule has 1 aliphatic heterocycles. The molecular weight excluding hydrogens is 360 g/mol. The molecule has 3 heteroatoms. The van der Waals surface area contributed by atoms with Crippen molar-refractivity contribution in [2.24, 2.45) is 5.92 Å². The zero-order valence-electron chi connectivity index (χ0n) is 18.4. The molecule has 1 aliphatic carbocycles. The van der Waals surface area contributed by atoms with Gasteiger partial charge in [-0.25, -0.2) is 0 Å². The fraction of sp³-hybridized carbons (Fsp3) is 0.692. The Kier molecular flexibility index (Phi) is 9.92. The molecule has 3 nitrogen and oxygen atoms in total. The molecule has 0 bridgehead atoms. The van der Waals surface area contributed by atoms with E-state index < -0.39 is 0 Å². The fourth-order valence-electron chi connectivity index (χ4n) is 4.36. The van der Waals surface area contributed by atoms with Gasteiger partial charge in [0.15, 0.2) is 6.29 Å². The van der Waals surface area contributed by atoms with Gasteiger partial charge in [-0.1, -0.05) is 51.2 Å². The van der Waals surface area contributed by atoms with Crippen molar-refractivity contribution in [3.8, 4) is 5.75 Å². The Bertz CT molecular complexity index is 580. The molecule has 0 aromatic heterocycles. The van der Waals surface area contributed by atoms with Gasteiger partial charge in [0.05, 0.1) is 19.0 Å².